The second kappa shape index (κ2) is 9.25. The topological polar surface area (TPSA) is 105 Å². The van der Waals surface area contributed by atoms with Crippen molar-refractivity contribution in [1.29, 1.82) is 0 Å². The molecule has 3 heterocycles. The number of pyridine rings is 1. The number of piperidine rings is 1. The highest BCUT2D eigenvalue weighted by Gasteiger charge is 2.27. The van der Waals surface area contributed by atoms with Gasteiger partial charge in [0, 0.05) is 55.1 Å². The lowest BCUT2D eigenvalue weighted by atomic mass is 10.1. The van der Waals surface area contributed by atoms with Gasteiger partial charge < -0.3 is 26.0 Å². The smallest absolute Gasteiger partial charge is 0.275 e. The number of aryl methyl sites for hydroxylation is 1. The summed E-state index contributed by atoms with van der Waals surface area (Å²) >= 11 is 0. The minimum atomic E-state index is -0.914. The fourth-order valence-electron chi connectivity index (χ4n) is 3.92. The molecule has 0 spiro atoms. The third-order valence-electron chi connectivity index (χ3n) is 5.50. The minimum Gasteiger partial charge on any atom is -0.472 e. The molecule has 0 bridgehead atoms. The fraction of sp³-hybridized carbons (Fsp3) is 0.348. The average molecular weight is 439 g/mol. The molecule has 32 heavy (non-hydrogen) atoms. The number of ether oxygens (including phenoxy) is 1. The Morgan fingerprint density at radius 2 is 2.28 bits per heavy atom. The SMILES string of the molecule is CN=Cc1cc(NC(=O)C2=COC(c3ccnc(C)c3)N2)c(N2CCCC(F)C2)cc1N. The molecule has 2 aromatic rings. The Bertz CT molecular complexity index is 1070. The summed E-state index contributed by atoms with van der Waals surface area (Å²) in [6.07, 6.45) is 4.62. The van der Waals surface area contributed by atoms with Crippen LogP contribution in [0.25, 0.3) is 0 Å². The number of anilines is 3. The van der Waals surface area contributed by atoms with Crippen molar-refractivity contribution in [1.82, 2.24) is 10.3 Å². The number of benzene rings is 1. The van der Waals surface area contributed by atoms with E-state index in [2.05, 4.69) is 20.6 Å². The normalized spacial score (nSPS) is 20.6. The largest absolute Gasteiger partial charge is 0.472 e. The van der Waals surface area contributed by atoms with Gasteiger partial charge in [-0.2, -0.15) is 0 Å². The number of nitrogens with zero attached hydrogens (tertiary/aromatic N) is 3. The van der Waals surface area contributed by atoms with Crippen LogP contribution >= 0.6 is 0 Å². The summed E-state index contributed by atoms with van der Waals surface area (Å²) in [5, 5.41) is 6.02. The molecule has 0 aliphatic carbocycles. The number of hydrogen-bond donors (Lipinski definition) is 3. The number of nitrogen functional groups attached to an aromatic ring is 1. The Balaban J connectivity index is 1.56. The molecule has 9 heteroatoms. The molecule has 2 unspecified atom stereocenters. The van der Waals surface area contributed by atoms with Crippen LogP contribution in [-0.2, 0) is 9.53 Å². The molecule has 2 aliphatic rings. The number of amides is 1. The lowest BCUT2D eigenvalue weighted by Gasteiger charge is -2.33. The van der Waals surface area contributed by atoms with E-state index < -0.39 is 12.4 Å². The molecule has 1 fully saturated rings. The maximum atomic E-state index is 14.1. The van der Waals surface area contributed by atoms with Crippen molar-refractivity contribution in [3.8, 4) is 0 Å². The number of alkyl halides is 1. The van der Waals surface area contributed by atoms with Crippen LogP contribution in [0.4, 0.5) is 21.5 Å². The van der Waals surface area contributed by atoms with Crippen LogP contribution in [0.3, 0.4) is 0 Å². The van der Waals surface area contributed by atoms with E-state index in [0.717, 1.165) is 17.7 Å². The highest BCUT2D eigenvalue weighted by Crippen LogP contribution is 2.34. The van der Waals surface area contributed by atoms with Crippen LogP contribution in [0.15, 0.2) is 47.4 Å². The number of nitrogens with one attached hydrogen (secondary N) is 2. The van der Waals surface area contributed by atoms with Gasteiger partial charge in [-0.1, -0.05) is 0 Å². The molecule has 8 nitrogen and oxygen atoms in total. The summed E-state index contributed by atoms with van der Waals surface area (Å²) in [5.74, 6) is -0.363. The molecular formula is C23H27FN6O2. The van der Waals surface area contributed by atoms with Crippen molar-refractivity contribution in [3.63, 3.8) is 0 Å². The van der Waals surface area contributed by atoms with Gasteiger partial charge in [-0.3, -0.25) is 14.8 Å². The first-order chi connectivity index (χ1) is 15.4. The quantitative estimate of drug-likeness (QED) is 0.490. The maximum absolute atomic E-state index is 14.1. The molecule has 1 aromatic heterocycles. The monoisotopic (exact) mass is 438 g/mol. The van der Waals surface area contributed by atoms with Crippen molar-refractivity contribution < 1.29 is 13.9 Å². The number of rotatable bonds is 5. The number of nitrogens with two attached hydrogens (primary N) is 1. The van der Waals surface area contributed by atoms with E-state index in [0.29, 0.717) is 41.3 Å². The first kappa shape index (κ1) is 21.6. The van der Waals surface area contributed by atoms with Gasteiger partial charge in [0.1, 0.15) is 18.1 Å². The van der Waals surface area contributed by atoms with Crippen molar-refractivity contribution in [2.75, 3.05) is 36.1 Å². The predicted octanol–water partition coefficient (Wildman–Crippen LogP) is 3.06. The Labute approximate surface area is 186 Å². The van der Waals surface area contributed by atoms with Crippen LogP contribution in [0.5, 0.6) is 0 Å². The first-order valence-electron chi connectivity index (χ1n) is 10.6. The highest BCUT2D eigenvalue weighted by atomic mass is 19.1. The van der Waals surface area contributed by atoms with Gasteiger partial charge in [0.15, 0.2) is 6.23 Å². The first-order valence-corrected chi connectivity index (χ1v) is 10.6. The lowest BCUT2D eigenvalue weighted by molar-refractivity contribution is -0.113. The van der Waals surface area contributed by atoms with Gasteiger partial charge in [0.2, 0.25) is 0 Å². The van der Waals surface area contributed by atoms with Crippen LogP contribution in [0, 0.1) is 6.92 Å². The van der Waals surface area contributed by atoms with Gasteiger partial charge in [-0.25, -0.2) is 4.39 Å². The van der Waals surface area contributed by atoms with Crippen LogP contribution in [0.2, 0.25) is 0 Å². The fourth-order valence-corrected chi connectivity index (χ4v) is 3.92. The highest BCUT2D eigenvalue weighted by molar-refractivity contribution is 6.06. The third-order valence-corrected chi connectivity index (χ3v) is 5.50. The molecule has 2 aliphatic heterocycles. The molecule has 0 radical (unpaired) electrons. The van der Waals surface area contributed by atoms with E-state index in [4.69, 9.17) is 10.5 Å². The van der Waals surface area contributed by atoms with E-state index in [1.165, 1.54) is 6.26 Å². The number of halogens is 1. The summed E-state index contributed by atoms with van der Waals surface area (Å²) in [7, 11) is 1.65. The van der Waals surface area contributed by atoms with Crippen molar-refractivity contribution in [2.45, 2.75) is 32.2 Å². The van der Waals surface area contributed by atoms with Crippen LogP contribution < -0.4 is 21.3 Å². The molecular weight excluding hydrogens is 411 g/mol. The number of aromatic nitrogens is 1. The Hall–Kier alpha value is -3.62. The molecule has 4 N–H and O–H groups in total. The number of aliphatic imine (C=N–C) groups is 1. The second-order valence-electron chi connectivity index (χ2n) is 7.95. The van der Waals surface area contributed by atoms with E-state index >= 15 is 0 Å². The van der Waals surface area contributed by atoms with Crippen molar-refractivity contribution >= 4 is 29.2 Å². The van der Waals surface area contributed by atoms with Gasteiger partial charge >= 0.3 is 0 Å². The second-order valence-corrected chi connectivity index (χ2v) is 7.95. The van der Waals surface area contributed by atoms with Crippen LogP contribution in [0.1, 0.15) is 35.9 Å². The Morgan fingerprint density at radius 1 is 1.44 bits per heavy atom. The maximum Gasteiger partial charge on any atom is 0.275 e. The van der Waals surface area contributed by atoms with Gasteiger partial charge in [-0.05, 0) is 44.0 Å². The summed E-state index contributed by atoms with van der Waals surface area (Å²) in [6.45, 7) is 2.84. The summed E-state index contributed by atoms with van der Waals surface area (Å²) < 4.78 is 19.7. The molecule has 4 rings (SSSR count). The minimum absolute atomic E-state index is 0.261. The van der Waals surface area contributed by atoms with E-state index in [-0.39, 0.29) is 12.5 Å². The molecule has 1 amide bonds. The van der Waals surface area contributed by atoms with E-state index in [9.17, 15) is 9.18 Å². The zero-order valence-electron chi connectivity index (χ0n) is 18.1. The lowest BCUT2D eigenvalue weighted by Crippen LogP contribution is -2.37. The predicted molar refractivity (Wildman–Crippen MR) is 123 cm³/mol. The van der Waals surface area contributed by atoms with Gasteiger partial charge in [0.25, 0.3) is 5.91 Å². The number of carbonyl (C=O) groups excluding carboxylic acids is 1. The Kier molecular flexibility index (Phi) is 6.25. The molecule has 1 saturated heterocycles. The van der Waals surface area contributed by atoms with Gasteiger partial charge in [-0.15, -0.1) is 0 Å². The average Bonchev–Trinajstić information content (AvgIpc) is 3.26. The zero-order valence-corrected chi connectivity index (χ0v) is 18.1. The summed E-state index contributed by atoms with van der Waals surface area (Å²) in [5.41, 5.74) is 10.6. The van der Waals surface area contributed by atoms with Gasteiger partial charge in [0.05, 0.1) is 11.4 Å². The molecule has 2 atom stereocenters. The van der Waals surface area contributed by atoms with E-state index in [1.807, 2.05) is 24.0 Å². The molecule has 168 valence electrons. The Morgan fingerprint density at radius 3 is 3.03 bits per heavy atom. The summed E-state index contributed by atoms with van der Waals surface area (Å²) in [4.78, 5) is 23.1. The summed E-state index contributed by atoms with van der Waals surface area (Å²) in [6, 6.07) is 7.25. The third kappa shape index (κ3) is 4.66. The van der Waals surface area contributed by atoms with Crippen molar-refractivity contribution in [3.05, 3.63) is 59.2 Å². The standard InChI is InChI=1S/C23H27FN6O2/c1-14-8-15(5-6-27-14)23-29-20(13-32-23)22(31)28-19-9-16(11-26-2)18(25)10-21(19)30-7-3-4-17(24)12-30/h5-6,8-11,13,17,23,29H,3-4,7,12,25H2,1-2H3,(H,28,31). The molecule has 1 aromatic carbocycles. The zero-order chi connectivity index (χ0) is 22.7. The number of carbonyl (C=O) groups is 1. The van der Waals surface area contributed by atoms with Crippen molar-refractivity contribution in [2.24, 2.45) is 4.99 Å². The molecule has 0 saturated carbocycles. The number of hydrogen-bond acceptors (Lipinski definition) is 7. The van der Waals surface area contributed by atoms with E-state index in [1.54, 1.807) is 31.6 Å². The van der Waals surface area contributed by atoms with Crippen LogP contribution in [-0.4, -0.2) is 43.4 Å².